The summed E-state index contributed by atoms with van der Waals surface area (Å²) < 4.78 is 42.1. The molecular formula is C8H7F3N2O2. The molecule has 3 N–H and O–H groups in total. The minimum absolute atomic E-state index is 0.469. The van der Waals surface area contributed by atoms with Crippen LogP contribution in [-0.2, 0) is 4.79 Å². The zero-order chi connectivity index (χ0) is 11.5. The third-order valence-corrected chi connectivity index (χ3v) is 1.44. The lowest BCUT2D eigenvalue weighted by Crippen LogP contribution is -2.47. The molecule has 15 heavy (non-hydrogen) atoms. The number of nitrogens with one attached hydrogen (secondary N) is 1. The fraction of sp³-hybridized carbons (Fsp3) is 0.125. The first-order chi connectivity index (χ1) is 6.95. The van der Waals surface area contributed by atoms with Crippen molar-refractivity contribution >= 4 is 5.91 Å². The van der Waals surface area contributed by atoms with E-state index in [0.29, 0.717) is 0 Å². The van der Waals surface area contributed by atoms with Gasteiger partial charge >= 0.3 is 12.0 Å². The van der Waals surface area contributed by atoms with Crippen molar-refractivity contribution in [3.05, 3.63) is 30.1 Å². The van der Waals surface area contributed by atoms with Gasteiger partial charge in [-0.1, -0.05) is 6.07 Å². The molecule has 0 aliphatic heterocycles. The van der Waals surface area contributed by atoms with Crippen LogP contribution in [0.25, 0.3) is 0 Å². The van der Waals surface area contributed by atoms with Crippen LogP contribution in [0.3, 0.4) is 0 Å². The summed E-state index contributed by atoms with van der Waals surface area (Å²) in [7, 11) is 0. The fourth-order valence-electron chi connectivity index (χ4n) is 0.809. The van der Waals surface area contributed by atoms with E-state index in [-0.39, 0.29) is 0 Å². The molecule has 0 heterocycles. The van der Waals surface area contributed by atoms with Gasteiger partial charge in [0.25, 0.3) is 0 Å². The van der Waals surface area contributed by atoms with Gasteiger partial charge in [-0.2, -0.15) is 8.78 Å². The van der Waals surface area contributed by atoms with Crippen molar-refractivity contribution in [3.8, 4) is 5.75 Å². The number of alkyl halides is 2. The average molecular weight is 220 g/mol. The number of hydrazine groups is 1. The quantitative estimate of drug-likeness (QED) is 0.449. The molecule has 0 spiro atoms. The van der Waals surface area contributed by atoms with Crippen LogP contribution in [0.1, 0.15) is 0 Å². The minimum Gasteiger partial charge on any atom is -0.425 e. The second kappa shape index (κ2) is 4.18. The van der Waals surface area contributed by atoms with Crippen LogP contribution in [0.4, 0.5) is 13.2 Å². The molecule has 0 saturated heterocycles. The topological polar surface area (TPSA) is 64.3 Å². The van der Waals surface area contributed by atoms with E-state index in [1.54, 1.807) is 0 Å². The molecule has 0 radical (unpaired) electrons. The van der Waals surface area contributed by atoms with Crippen LogP contribution < -0.4 is 16.0 Å². The van der Waals surface area contributed by atoms with E-state index in [1.165, 1.54) is 11.5 Å². The van der Waals surface area contributed by atoms with Crippen LogP contribution in [0.5, 0.6) is 5.75 Å². The second-order valence-electron chi connectivity index (χ2n) is 2.55. The van der Waals surface area contributed by atoms with E-state index in [0.717, 1.165) is 18.2 Å². The lowest BCUT2D eigenvalue weighted by atomic mass is 10.3. The van der Waals surface area contributed by atoms with Crippen LogP contribution in [0, 0.1) is 5.82 Å². The molecule has 1 aromatic carbocycles. The molecule has 0 fully saturated rings. The second-order valence-corrected chi connectivity index (χ2v) is 2.55. The van der Waals surface area contributed by atoms with Crippen LogP contribution in [0.2, 0.25) is 0 Å². The van der Waals surface area contributed by atoms with Gasteiger partial charge in [-0.25, -0.2) is 10.2 Å². The van der Waals surface area contributed by atoms with Gasteiger partial charge in [0.1, 0.15) is 11.6 Å². The van der Waals surface area contributed by atoms with Crippen LogP contribution in [0.15, 0.2) is 24.3 Å². The Bertz CT molecular complexity index is 371. The van der Waals surface area contributed by atoms with Gasteiger partial charge in [-0.15, -0.1) is 0 Å². The molecule has 1 aromatic rings. The molecule has 7 heteroatoms. The number of carbonyl (C=O) groups is 1. The number of nitrogens with two attached hydrogens (primary N) is 1. The zero-order valence-electron chi connectivity index (χ0n) is 7.34. The number of hydrogen-bond acceptors (Lipinski definition) is 3. The molecule has 0 aliphatic rings. The van der Waals surface area contributed by atoms with Crippen molar-refractivity contribution in [2.45, 2.75) is 6.11 Å². The van der Waals surface area contributed by atoms with Gasteiger partial charge in [-0.3, -0.25) is 10.2 Å². The first kappa shape index (κ1) is 11.3. The standard InChI is InChI=1S/C8H7F3N2O2/c9-5-2-1-3-6(4-5)15-8(10,11)7(14)13-12/h1-4H,12H2,(H,13,14). The van der Waals surface area contributed by atoms with E-state index in [9.17, 15) is 18.0 Å². The van der Waals surface area contributed by atoms with E-state index >= 15 is 0 Å². The van der Waals surface area contributed by atoms with Gasteiger partial charge in [-0.05, 0) is 12.1 Å². The third kappa shape index (κ3) is 2.84. The summed E-state index contributed by atoms with van der Waals surface area (Å²) in [5, 5.41) is 0. The van der Waals surface area contributed by atoms with Crippen LogP contribution in [-0.4, -0.2) is 12.0 Å². The predicted octanol–water partition coefficient (Wildman–Crippen LogP) is 0.787. The number of carbonyl (C=O) groups excluding carboxylic acids is 1. The van der Waals surface area contributed by atoms with Gasteiger partial charge in [0.05, 0.1) is 0 Å². The van der Waals surface area contributed by atoms with Gasteiger partial charge < -0.3 is 4.74 Å². The summed E-state index contributed by atoms with van der Waals surface area (Å²) in [6.45, 7) is 0. The molecule has 4 nitrogen and oxygen atoms in total. The highest BCUT2D eigenvalue weighted by atomic mass is 19.3. The summed E-state index contributed by atoms with van der Waals surface area (Å²) in [4.78, 5) is 10.5. The lowest BCUT2D eigenvalue weighted by Gasteiger charge is -2.15. The highest BCUT2D eigenvalue weighted by Crippen LogP contribution is 2.21. The molecule has 0 saturated carbocycles. The van der Waals surface area contributed by atoms with Crippen LogP contribution >= 0.6 is 0 Å². The van der Waals surface area contributed by atoms with E-state index in [1.807, 2.05) is 0 Å². The van der Waals surface area contributed by atoms with E-state index in [4.69, 9.17) is 0 Å². The first-order valence-electron chi connectivity index (χ1n) is 3.79. The molecule has 0 unspecified atom stereocenters. The molecule has 0 aliphatic carbocycles. The molecule has 1 amide bonds. The SMILES string of the molecule is NNC(=O)C(F)(F)Oc1cccc(F)c1. The number of ether oxygens (including phenoxy) is 1. The highest BCUT2D eigenvalue weighted by Gasteiger charge is 2.41. The number of rotatable bonds is 3. The smallest absolute Gasteiger partial charge is 0.425 e. The summed E-state index contributed by atoms with van der Waals surface area (Å²) in [6, 6.07) is 4.02. The molecule has 0 atom stereocenters. The van der Waals surface area contributed by atoms with E-state index < -0.39 is 23.6 Å². The van der Waals surface area contributed by atoms with Gasteiger partial charge in [0.15, 0.2) is 0 Å². The fourth-order valence-corrected chi connectivity index (χ4v) is 0.809. The third-order valence-electron chi connectivity index (χ3n) is 1.44. The monoisotopic (exact) mass is 220 g/mol. The Morgan fingerprint density at radius 2 is 2.13 bits per heavy atom. The molecular weight excluding hydrogens is 213 g/mol. The number of amides is 1. The number of hydrogen-bond donors (Lipinski definition) is 2. The van der Waals surface area contributed by atoms with Crippen molar-refractivity contribution in [2.24, 2.45) is 5.84 Å². The Hall–Kier alpha value is -1.76. The van der Waals surface area contributed by atoms with Crippen molar-refractivity contribution in [2.75, 3.05) is 0 Å². The largest absolute Gasteiger partial charge is 0.483 e. The summed E-state index contributed by atoms with van der Waals surface area (Å²) in [5.41, 5.74) is 1.23. The summed E-state index contributed by atoms with van der Waals surface area (Å²) in [6.07, 6.45) is -4.14. The average Bonchev–Trinajstić information content (AvgIpc) is 2.15. The van der Waals surface area contributed by atoms with Gasteiger partial charge in [0.2, 0.25) is 0 Å². The summed E-state index contributed by atoms with van der Waals surface area (Å²) in [5.74, 6) is 1.47. The van der Waals surface area contributed by atoms with Crippen molar-refractivity contribution < 1.29 is 22.7 Å². The maximum absolute atomic E-state index is 12.8. The van der Waals surface area contributed by atoms with E-state index in [2.05, 4.69) is 10.6 Å². The van der Waals surface area contributed by atoms with Crippen molar-refractivity contribution in [3.63, 3.8) is 0 Å². The van der Waals surface area contributed by atoms with Crippen molar-refractivity contribution in [1.29, 1.82) is 0 Å². The van der Waals surface area contributed by atoms with Gasteiger partial charge in [0, 0.05) is 6.07 Å². The zero-order valence-corrected chi connectivity index (χ0v) is 7.34. The first-order valence-corrected chi connectivity index (χ1v) is 3.79. The molecule has 0 bridgehead atoms. The lowest BCUT2D eigenvalue weighted by molar-refractivity contribution is -0.192. The Morgan fingerprint density at radius 3 is 2.67 bits per heavy atom. The normalized spacial score (nSPS) is 10.9. The predicted molar refractivity (Wildman–Crippen MR) is 44.3 cm³/mol. The molecule has 1 rings (SSSR count). The maximum Gasteiger partial charge on any atom is 0.483 e. The number of benzene rings is 1. The molecule has 82 valence electrons. The Morgan fingerprint density at radius 1 is 1.47 bits per heavy atom. The summed E-state index contributed by atoms with van der Waals surface area (Å²) >= 11 is 0. The Kier molecular flexibility index (Phi) is 3.15. The number of halogens is 3. The Labute approximate surface area is 82.8 Å². The Balaban J connectivity index is 2.81. The maximum atomic E-state index is 12.8. The highest BCUT2D eigenvalue weighted by molar-refractivity contribution is 5.81. The van der Waals surface area contributed by atoms with Crippen molar-refractivity contribution in [1.82, 2.24) is 5.43 Å². The molecule has 0 aromatic heterocycles. The minimum atomic E-state index is -4.14.